The summed E-state index contributed by atoms with van der Waals surface area (Å²) < 4.78 is 2.32. The van der Waals surface area contributed by atoms with E-state index < -0.39 is 0 Å². The first-order valence-electron chi connectivity index (χ1n) is 8.05. The summed E-state index contributed by atoms with van der Waals surface area (Å²) in [5.41, 5.74) is 2.60. The zero-order valence-electron chi connectivity index (χ0n) is 13.1. The Balaban J connectivity index is 1.76. The Labute approximate surface area is 127 Å². The second-order valence-corrected chi connectivity index (χ2v) is 6.22. The van der Waals surface area contributed by atoms with Crippen molar-refractivity contribution in [3.05, 3.63) is 42.2 Å². The maximum absolute atomic E-state index is 4.58. The molecule has 1 saturated heterocycles. The lowest BCUT2D eigenvalue weighted by Crippen LogP contribution is -2.34. The van der Waals surface area contributed by atoms with E-state index in [-0.39, 0.29) is 0 Å². The fourth-order valence-electron chi connectivity index (χ4n) is 3.31. The summed E-state index contributed by atoms with van der Waals surface area (Å²) in [6.07, 6.45) is 7.78. The van der Waals surface area contributed by atoms with Gasteiger partial charge in [0.2, 0.25) is 0 Å². The van der Waals surface area contributed by atoms with Crippen molar-refractivity contribution >= 4 is 0 Å². The smallest absolute Gasteiger partial charge is 0.139 e. The third-order valence-electron chi connectivity index (χ3n) is 4.51. The van der Waals surface area contributed by atoms with Crippen molar-refractivity contribution < 1.29 is 0 Å². The maximum atomic E-state index is 4.58. The maximum Gasteiger partial charge on any atom is 0.139 e. The normalized spacial score (nSPS) is 19.8. The SMILES string of the molecule is CCc1ccc(-c2nccn2CC2CCCN(C)C2)cc1. The molecule has 0 saturated carbocycles. The van der Waals surface area contributed by atoms with Crippen LogP contribution in [0.3, 0.4) is 0 Å². The highest BCUT2D eigenvalue weighted by atomic mass is 15.1. The average Bonchev–Trinajstić information content (AvgIpc) is 2.95. The number of aryl methyl sites for hydroxylation is 1. The van der Waals surface area contributed by atoms with E-state index in [2.05, 4.69) is 58.9 Å². The van der Waals surface area contributed by atoms with E-state index in [9.17, 15) is 0 Å². The summed E-state index contributed by atoms with van der Waals surface area (Å²) in [5.74, 6) is 1.84. The Morgan fingerprint density at radius 2 is 2.05 bits per heavy atom. The summed E-state index contributed by atoms with van der Waals surface area (Å²) in [4.78, 5) is 7.02. The molecule has 2 aromatic rings. The summed E-state index contributed by atoms with van der Waals surface area (Å²) in [6.45, 7) is 5.71. The number of rotatable bonds is 4. The lowest BCUT2D eigenvalue weighted by atomic mass is 9.98. The molecule has 0 amide bonds. The minimum Gasteiger partial charge on any atom is -0.331 e. The minimum atomic E-state index is 0.742. The van der Waals surface area contributed by atoms with E-state index in [1.807, 2.05) is 6.20 Å². The number of hydrogen-bond acceptors (Lipinski definition) is 2. The lowest BCUT2D eigenvalue weighted by Gasteiger charge is -2.30. The first-order valence-corrected chi connectivity index (χ1v) is 8.05. The number of imidazole rings is 1. The molecule has 3 rings (SSSR count). The highest BCUT2D eigenvalue weighted by molar-refractivity contribution is 5.56. The fourth-order valence-corrected chi connectivity index (χ4v) is 3.31. The van der Waals surface area contributed by atoms with Crippen LogP contribution in [0.4, 0.5) is 0 Å². The number of likely N-dealkylation sites (tertiary alicyclic amines) is 1. The van der Waals surface area contributed by atoms with Gasteiger partial charge in [0, 0.05) is 31.0 Å². The van der Waals surface area contributed by atoms with Gasteiger partial charge >= 0.3 is 0 Å². The van der Waals surface area contributed by atoms with Gasteiger partial charge in [0.25, 0.3) is 0 Å². The molecule has 3 nitrogen and oxygen atoms in total. The van der Waals surface area contributed by atoms with Gasteiger partial charge in [-0.25, -0.2) is 4.98 Å². The van der Waals surface area contributed by atoms with Crippen LogP contribution in [0, 0.1) is 5.92 Å². The van der Waals surface area contributed by atoms with Gasteiger partial charge < -0.3 is 9.47 Å². The summed E-state index contributed by atoms with van der Waals surface area (Å²) in [7, 11) is 2.23. The molecular weight excluding hydrogens is 258 g/mol. The molecule has 0 bridgehead atoms. The minimum absolute atomic E-state index is 0.742. The zero-order chi connectivity index (χ0) is 14.7. The van der Waals surface area contributed by atoms with Gasteiger partial charge in [-0.1, -0.05) is 31.2 Å². The van der Waals surface area contributed by atoms with E-state index in [0.717, 1.165) is 24.7 Å². The van der Waals surface area contributed by atoms with Crippen molar-refractivity contribution in [3.8, 4) is 11.4 Å². The van der Waals surface area contributed by atoms with Crippen LogP contribution in [-0.4, -0.2) is 34.6 Å². The lowest BCUT2D eigenvalue weighted by molar-refractivity contribution is 0.195. The van der Waals surface area contributed by atoms with E-state index in [1.165, 1.54) is 37.1 Å². The van der Waals surface area contributed by atoms with Gasteiger partial charge in [0.15, 0.2) is 0 Å². The Kier molecular flexibility index (Phi) is 4.39. The molecule has 21 heavy (non-hydrogen) atoms. The monoisotopic (exact) mass is 283 g/mol. The zero-order valence-corrected chi connectivity index (χ0v) is 13.1. The second-order valence-electron chi connectivity index (χ2n) is 6.22. The summed E-state index contributed by atoms with van der Waals surface area (Å²) >= 11 is 0. The van der Waals surface area contributed by atoms with Crippen molar-refractivity contribution in [1.29, 1.82) is 0 Å². The van der Waals surface area contributed by atoms with E-state index >= 15 is 0 Å². The quantitative estimate of drug-likeness (QED) is 0.857. The standard InChI is InChI=1S/C18H25N3/c1-3-15-6-8-17(9-7-15)18-19-10-12-21(18)14-16-5-4-11-20(2)13-16/h6-10,12,16H,3-5,11,13-14H2,1-2H3. The molecule has 1 aliphatic rings. The molecule has 2 heterocycles. The molecule has 1 fully saturated rings. The fraction of sp³-hybridized carbons (Fsp3) is 0.500. The molecule has 0 radical (unpaired) electrons. The molecule has 0 aliphatic carbocycles. The van der Waals surface area contributed by atoms with Crippen molar-refractivity contribution in [2.45, 2.75) is 32.7 Å². The molecular formula is C18H25N3. The van der Waals surface area contributed by atoms with Crippen LogP contribution in [0.25, 0.3) is 11.4 Å². The topological polar surface area (TPSA) is 21.1 Å². The molecule has 3 heteroatoms. The van der Waals surface area contributed by atoms with Gasteiger partial charge in [0.05, 0.1) is 0 Å². The number of piperidine rings is 1. The van der Waals surface area contributed by atoms with Gasteiger partial charge in [-0.05, 0) is 44.3 Å². The Bertz CT molecular complexity index is 570. The molecule has 1 aromatic heterocycles. The molecule has 112 valence electrons. The van der Waals surface area contributed by atoms with E-state index in [0.29, 0.717) is 0 Å². The number of aromatic nitrogens is 2. The highest BCUT2D eigenvalue weighted by Gasteiger charge is 2.18. The van der Waals surface area contributed by atoms with Gasteiger partial charge in [0.1, 0.15) is 5.82 Å². The second kappa shape index (κ2) is 6.44. The van der Waals surface area contributed by atoms with Crippen molar-refractivity contribution in [2.75, 3.05) is 20.1 Å². The number of benzene rings is 1. The number of hydrogen-bond donors (Lipinski definition) is 0. The van der Waals surface area contributed by atoms with Crippen LogP contribution >= 0.6 is 0 Å². The van der Waals surface area contributed by atoms with Crippen LogP contribution in [-0.2, 0) is 13.0 Å². The average molecular weight is 283 g/mol. The molecule has 1 aliphatic heterocycles. The van der Waals surface area contributed by atoms with Crippen LogP contribution in [0.15, 0.2) is 36.7 Å². The predicted octanol–water partition coefficient (Wildman–Crippen LogP) is 3.45. The van der Waals surface area contributed by atoms with Crippen molar-refractivity contribution in [1.82, 2.24) is 14.5 Å². The largest absolute Gasteiger partial charge is 0.331 e. The molecule has 1 unspecified atom stereocenters. The Morgan fingerprint density at radius 1 is 1.24 bits per heavy atom. The number of nitrogens with zero attached hydrogens (tertiary/aromatic N) is 3. The molecule has 0 N–H and O–H groups in total. The van der Waals surface area contributed by atoms with Crippen LogP contribution < -0.4 is 0 Å². The Hall–Kier alpha value is -1.61. The summed E-state index contributed by atoms with van der Waals surface area (Å²) in [5, 5.41) is 0. The first kappa shape index (κ1) is 14.3. The van der Waals surface area contributed by atoms with Gasteiger partial charge in [-0.2, -0.15) is 0 Å². The first-order chi connectivity index (χ1) is 10.3. The third-order valence-corrected chi connectivity index (χ3v) is 4.51. The molecule has 1 aromatic carbocycles. The van der Waals surface area contributed by atoms with Crippen LogP contribution in [0.5, 0.6) is 0 Å². The van der Waals surface area contributed by atoms with Crippen LogP contribution in [0.1, 0.15) is 25.3 Å². The Morgan fingerprint density at radius 3 is 2.76 bits per heavy atom. The van der Waals surface area contributed by atoms with Crippen LogP contribution in [0.2, 0.25) is 0 Å². The van der Waals surface area contributed by atoms with E-state index in [1.54, 1.807) is 0 Å². The molecule has 1 atom stereocenters. The third kappa shape index (κ3) is 3.35. The van der Waals surface area contributed by atoms with E-state index in [4.69, 9.17) is 0 Å². The predicted molar refractivity (Wildman–Crippen MR) is 87.3 cm³/mol. The van der Waals surface area contributed by atoms with Gasteiger partial charge in [-0.15, -0.1) is 0 Å². The van der Waals surface area contributed by atoms with Crippen molar-refractivity contribution in [3.63, 3.8) is 0 Å². The summed E-state index contributed by atoms with van der Waals surface area (Å²) in [6, 6.07) is 8.82. The highest BCUT2D eigenvalue weighted by Crippen LogP contribution is 2.22. The molecule has 0 spiro atoms. The van der Waals surface area contributed by atoms with Gasteiger partial charge in [-0.3, -0.25) is 0 Å². The van der Waals surface area contributed by atoms with Crippen molar-refractivity contribution in [2.24, 2.45) is 5.92 Å².